The zero-order chi connectivity index (χ0) is 15.4. The van der Waals surface area contributed by atoms with Crippen LogP contribution in [-0.2, 0) is 0 Å². The second-order valence-electron chi connectivity index (χ2n) is 5.55. The van der Waals surface area contributed by atoms with E-state index < -0.39 is 0 Å². The third-order valence-corrected chi connectivity index (χ3v) is 4.60. The van der Waals surface area contributed by atoms with Crippen LogP contribution in [0.4, 0.5) is 0 Å². The summed E-state index contributed by atoms with van der Waals surface area (Å²) in [4.78, 5) is 14.5. The van der Waals surface area contributed by atoms with Gasteiger partial charge in [-0.1, -0.05) is 11.6 Å². The topological polar surface area (TPSA) is 41.6 Å². The average Bonchev–Trinajstić information content (AvgIpc) is 2.53. The molecule has 1 aliphatic carbocycles. The molecular formula is C16H23ClN2O2. The summed E-state index contributed by atoms with van der Waals surface area (Å²) in [5.74, 6) is 0.527. The number of nitrogens with one attached hydrogen (secondary N) is 1. The second-order valence-corrected chi connectivity index (χ2v) is 5.99. The van der Waals surface area contributed by atoms with Crippen molar-refractivity contribution in [2.45, 2.75) is 37.8 Å². The van der Waals surface area contributed by atoms with Gasteiger partial charge in [0.15, 0.2) is 0 Å². The van der Waals surface area contributed by atoms with Crippen LogP contribution in [0.15, 0.2) is 18.2 Å². The number of amides is 1. The van der Waals surface area contributed by atoms with Crippen molar-refractivity contribution >= 4 is 17.5 Å². The fraction of sp³-hybridized carbons (Fsp3) is 0.562. The van der Waals surface area contributed by atoms with Crippen LogP contribution >= 0.6 is 11.6 Å². The molecule has 1 amide bonds. The molecule has 0 aliphatic heterocycles. The fourth-order valence-corrected chi connectivity index (χ4v) is 3.11. The number of methoxy groups -OCH3 is 1. The van der Waals surface area contributed by atoms with Crippen molar-refractivity contribution in [3.05, 3.63) is 28.8 Å². The normalized spacial score (nSPS) is 21.9. The van der Waals surface area contributed by atoms with Gasteiger partial charge in [0.2, 0.25) is 0 Å². The summed E-state index contributed by atoms with van der Waals surface area (Å²) in [6.45, 7) is 0. The van der Waals surface area contributed by atoms with Crippen LogP contribution in [0.2, 0.25) is 5.02 Å². The Kier molecular flexibility index (Phi) is 5.48. The summed E-state index contributed by atoms with van der Waals surface area (Å²) in [5, 5.41) is 3.88. The summed E-state index contributed by atoms with van der Waals surface area (Å²) in [5.41, 5.74) is 0.570. The maximum atomic E-state index is 12.7. The van der Waals surface area contributed by atoms with E-state index in [0.29, 0.717) is 28.4 Å². The molecule has 4 nitrogen and oxygen atoms in total. The van der Waals surface area contributed by atoms with Crippen molar-refractivity contribution in [1.82, 2.24) is 10.2 Å². The van der Waals surface area contributed by atoms with Gasteiger partial charge in [0.05, 0.1) is 12.7 Å². The Balaban J connectivity index is 2.09. The molecule has 0 unspecified atom stereocenters. The monoisotopic (exact) mass is 310 g/mol. The Hall–Kier alpha value is -1.26. The smallest absolute Gasteiger partial charge is 0.257 e. The van der Waals surface area contributed by atoms with Crippen LogP contribution in [0.25, 0.3) is 0 Å². The minimum absolute atomic E-state index is 0.00331. The van der Waals surface area contributed by atoms with Gasteiger partial charge in [-0.3, -0.25) is 4.79 Å². The van der Waals surface area contributed by atoms with Crippen LogP contribution in [0, 0.1) is 0 Å². The molecule has 2 rings (SSSR count). The van der Waals surface area contributed by atoms with Crippen molar-refractivity contribution in [1.29, 1.82) is 0 Å². The molecule has 21 heavy (non-hydrogen) atoms. The number of carbonyl (C=O) groups excluding carboxylic acids is 1. The predicted octanol–water partition coefficient (Wildman–Crippen LogP) is 2.95. The lowest BCUT2D eigenvalue weighted by molar-refractivity contribution is 0.0682. The van der Waals surface area contributed by atoms with Crippen LogP contribution in [0.1, 0.15) is 36.0 Å². The van der Waals surface area contributed by atoms with Crippen LogP contribution < -0.4 is 10.1 Å². The number of halogens is 1. The Labute approximate surface area is 131 Å². The highest BCUT2D eigenvalue weighted by atomic mass is 35.5. The lowest BCUT2D eigenvalue weighted by Crippen LogP contribution is -2.42. The summed E-state index contributed by atoms with van der Waals surface area (Å²) >= 11 is 5.95. The highest BCUT2D eigenvalue weighted by molar-refractivity contribution is 6.30. The summed E-state index contributed by atoms with van der Waals surface area (Å²) < 4.78 is 5.28. The SMILES string of the molecule is CNC1CCC(N(C)C(=O)c2ccc(Cl)cc2OC)CC1. The molecule has 1 saturated carbocycles. The van der Waals surface area contributed by atoms with Gasteiger partial charge in [-0.15, -0.1) is 0 Å². The van der Waals surface area contributed by atoms with Gasteiger partial charge in [0.25, 0.3) is 5.91 Å². The van der Waals surface area contributed by atoms with Gasteiger partial charge in [0.1, 0.15) is 5.75 Å². The third kappa shape index (κ3) is 3.69. The van der Waals surface area contributed by atoms with Crippen molar-refractivity contribution in [2.75, 3.05) is 21.2 Å². The van der Waals surface area contributed by atoms with Crippen molar-refractivity contribution in [3.63, 3.8) is 0 Å². The highest BCUT2D eigenvalue weighted by Crippen LogP contribution is 2.27. The molecule has 0 atom stereocenters. The molecule has 0 bridgehead atoms. The van der Waals surface area contributed by atoms with Gasteiger partial charge >= 0.3 is 0 Å². The molecule has 0 saturated heterocycles. The van der Waals surface area contributed by atoms with Crippen molar-refractivity contribution in [3.8, 4) is 5.75 Å². The summed E-state index contributed by atoms with van der Waals surface area (Å²) in [6.07, 6.45) is 4.28. The van der Waals surface area contributed by atoms with Gasteiger partial charge in [-0.25, -0.2) is 0 Å². The molecule has 1 aliphatic rings. The molecule has 1 aromatic carbocycles. The first kappa shape index (κ1) is 16.1. The Morgan fingerprint density at radius 2 is 2.00 bits per heavy atom. The average molecular weight is 311 g/mol. The largest absolute Gasteiger partial charge is 0.496 e. The first-order valence-corrected chi connectivity index (χ1v) is 7.72. The van der Waals surface area contributed by atoms with E-state index in [2.05, 4.69) is 5.32 Å². The van der Waals surface area contributed by atoms with E-state index in [9.17, 15) is 4.79 Å². The van der Waals surface area contributed by atoms with Crippen LogP contribution in [0.3, 0.4) is 0 Å². The molecule has 0 radical (unpaired) electrons. The zero-order valence-corrected chi connectivity index (χ0v) is 13.6. The van der Waals surface area contributed by atoms with Gasteiger partial charge in [-0.05, 0) is 50.9 Å². The predicted molar refractivity (Wildman–Crippen MR) is 85.2 cm³/mol. The van der Waals surface area contributed by atoms with Crippen LogP contribution in [-0.4, -0.2) is 44.1 Å². The van der Waals surface area contributed by atoms with Crippen LogP contribution in [0.5, 0.6) is 5.75 Å². The van der Waals surface area contributed by atoms with E-state index in [1.165, 1.54) is 0 Å². The molecule has 1 fully saturated rings. The first-order chi connectivity index (χ1) is 10.1. The molecule has 0 spiro atoms. The lowest BCUT2D eigenvalue weighted by atomic mass is 9.90. The third-order valence-electron chi connectivity index (χ3n) is 4.37. The summed E-state index contributed by atoms with van der Waals surface area (Å²) in [7, 11) is 5.43. The molecule has 1 N–H and O–H groups in total. The standard InChI is InChI=1S/C16H23ClN2O2/c1-18-12-5-7-13(8-6-12)19(2)16(20)14-9-4-11(17)10-15(14)21-3/h4,9-10,12-13,18H,5-8H2,1-3H3. The number of ether oxygens (including phenoxy) is 1. The fourth-order valence-electron chi connectivity index (χ4n) is 2.95. The Bertz CT molecular complexity index is 499. The highest BCUT2D eigenvalue weighted by Gasteiger charge is 2.27. The maximum Gasteiger partial charge on any atom is 0.257 e. The van der Waals surface area contributed by atoms with Crippen molar-refractivity contribution in [2.24, 2.45) is 0 Å². The van der Waals surface area contributed by atoms with E-state index in [1.54, 1.807) is 25.3 Å². The zero-order valence-electron chi connectivity index (χ0n) is 12.9. The van der Waals surface area contributed by atoms with Crippen molar-refractivity contribution < 1.29 is 9.53 Å². The van der Waals surface area contributed by atoms with E-state index in [-0.39, 0.29) is 5.91 Å². The minimum atomic E-state index is -0.00331. The quantitative estimate of drug-likeness (QED) is 0.929. The molecular weight excluding hydrogens is 288 g/mol. The van der Waals surface area contributed by atoms with Gasteiger partial charge in [-0.2, -0.15) is 0 Å². The maximum absolute atomic E-state index is 12.7. The number of hydrogen-bond acceptors (Lipinski definition) is 3. The number of hydrogen-bond donors (Lipinski definition) is 1. The minimum Gasteiger partial charge on any atom is -0.496 e. The Morgan fingerprint density at radius 1 is 1.33 bits per heavy atom. The first-order valence-electron chi connectivity index (χ1n) is 7.34. The van der Waals surface area contributed by atoms with E-state index in [1.807, 2.05) is 19.0 Å². The molecule has 1 aromatic rings. The molecule has 116 valence electrons. The lowest BCUT2D eigenvalue weighted by Gasteiger charge is -2.34. The molecule has 0 heterocycles. The number of rotatable bonds is 4. The summed E-state index contributed by atoms with van der Waals surface area (Å²) in [6, 6.07) is 6.01. The molecule has 5 heteroatoms. The van der Waals surface area contributed by atoms with E-state index in [4.69, 9.17) is 16.3 Å². The van der Waals surface area contributed by atoms with Gasteiger partial charge < -0.3 is 15.0 Å². The van der Waals surface area contributed by atoms with E-state index in [0.717, 1.165) is 25.7 Å². The second kappa shape index (κ2) is 7.14. The Morgan fingerprint density at radius 3 is 2.57 bits per heavy atom. The van der Waals surface area contributed by atoms with E-state index >= 15 is 0 Å². The number of benzene rings is 1. The van der Waals surface area contributed by atoms with Gasteiger partial charge in [0, 0.05) is 24.2 Å². The number of carbonyl (C=O) groups is 1. The number of nitrogens with zero attached hydrogens (tertiary/aromatic N) is 1. The molecule has 0 aromatic heterocycles.